The Bertz CT molecular complexity index is 1210. The van der Waals surface area contributed by atoms with Gasteiger partial charge in [-0.25, -0.2) is 12.4 Å². The van der Waals surface area contributed by atoms with Crippen LogP contribution in [0, 0.1) is 0 Å². The number of benzene rings is 3. The topological polar surface area (TPSA) is 68.5 Å². The summed E-state index contributed by atoms with van der Waals surface area (Å²) in [5, 5.41) is 11.6. The van der Waals surface area contributed by atoms with Crippen LogP contribution in [-0.4, -0.2) is 24.6 Å². The first kappa shape index (κ1) is 18.3. The molecular formula is C22H19NO4S. The Hall–Kier alpha value is -3.09. The molecule has 5 nitrogen and oxygen atoms in total. The number of rotatable bonds is 5. The predicted molar refractivity (Wildman–Crippen MR) is 108 cm³/mol. The van der Waals surface area contributed by atoms with Crippen molar-refractivity contribution < 1.29 is 18.3 Å². The lowest BCUT2D eigenvalue weighted by atomic mass is 10.0. The summed E-state index contributed by atoms with van der Waals surface area (Å²) in [6, 6.07) is 22.5. The molecule has 1 N–H and O–H groups in total. The van der Waals surface area contributed by atoms with Crippen LogP contribution in [0.25, 0.3) is 10.9 Å². The van der Waals surface area contributed by atoms with Gasteiger partial charge in [-0.1, -0.05) is 48.5 Å². The van der Waals surface area contributed by atoms with Crippen molar-refractivity contribution in [2.24, 2.45) is 0 Å². The molecule has 4 aromatic rings. The largest absolute Gasteiger partial charge is 0.497 e. The van der Waals surface area contributed by atoms with Crippen molar-refractivity contribution in [1.82, 2.24) is 3.97 Å². The van der Waals surface area contributed by atoms with Crippen LogP contribution in [0.15, 0.2) is 90.0 Å². The predicted octanol–water partition coefficient (Wildman–Crippen LogP) is 3.97. The minimum atomic E-state index is -3.79. The molecule has 0 fully saturated rings. The van der Waals surface area contributed by atoms with Crippen LogP contribution in [0.5, 0.6) is 5.75 Å². The number of para-hydroxylation sites is 1. The first-order valence-corrected chi connectivity index (χ1v) is 10.2. The molecule has 1 unspecified atom stereocenters. The molecule has 142 valence electrons. The molecule has 0 aliphatic rings. The fraction of sp³-hybridized carbons (Fsp3) is 0.0909. The Morgan fingerprint density at radius 2 is 1.54 bits per heavy atom. The Morgan fingerprint density at radius 1 is 0.893 bits per heavy atom. The zero-order valence-electron chi connectivity index (χ0n) is 15.2. The van der Waals surface area contributed by atoms with Crippen molar-refractivity contribution >= 4 is 20.9 Å². The molecule has 0 aliphatic carbocycles. The third-order valence-electron chi connectivity index (χ3n) is 4.73. The average Bonchev–Trinajstić information content (AvgIpc) is 3.14. The summed E-state index contributed by atoms with van der Waals surface area (Å²) < 4.78 is 32.7. The third-order valence-corrected chi connectivity index (χ3v) is 6.42. The summed E-state index contributed by atoms with van der Waals surface area (Å²) in [6.07, 6.45) is 0.532. The van der Waals surface area contributed by atoms with Crippen molar-refractivity contribution in [1.29, 1.82) is 0 Å². The van der Waals surface area contributed by atoms with Gasteiger partial charge in [0.05, 0.1) is 17.5 Å². The van der Waals surface area contributed by atoms with Gasteiger partial charge in [0.25, 0.3) is 10.0 Å². The summed E-state index contributed by atoms with van der Waals surface area (Å²) in [5.41, 5.74) is 1.70. The van der Waals surface area contributed by atoms with Gasteiger partial charge in [-0.2, -0.15) is 0 Å². The molecule has 0 spiro atoms. The van der Waals surface area contributed by atoms with Crippen molar-refractivity contribution in [2.45, 2.75) is 11.0 Å². The van der Waals surface area contributed by atoms with Crippen LogP contribution >= 0.6 is 0 Å². The maximum absolute atomic E-state index is 13.2. The van der Waals surface area contributed by atoms with E-state index >= 15 is 0 Å². The number of aliphatic hydroxyl groups is 1. The Labute approximate surface area is 163 Å². The van der Waals surface area contributed by atoms with Gasteiger partial charge in [0.1, 0.15) is 11.9 Å². The van der Waals surface area contributed by atoms with Gasteiger partial charge in [-0.05, 0) is 35.9 Å². The molecule has 0 aliphatic heterocycles. The van der Waals surface area contributed by atoms with E-state index in [1.165, 1.54) is 10.2 Å². The first-order valence-electron chi connectivity index (χ1n) is 8.75. The fourth-order valence-electron chi connectivity index (χ4n) is 3.26. The molecule has 0 saturated heterocycles. The number of hydrogen-bond donors (Lipinski definition) is 1. The maximum atomic E-state index is 13.2. The van der Waals surface area contributed by atoms with Gasteiger partial charge in [0.2, 0.25) is 0 Å². The minimum Gasteiger partial charge on any atom is -0.497 e. The maximum Gasteiger partial charge on any atom is 0.268 e. The molecule has 0 amide bonds. The van der Waals surface area contributed by atoms with Crippen molar-refractivity contribution in [2.75, 3.05) is 7.11 Å². The van der Waals surface area contributed by atoms with Crippen LogP contribution in [0.3, 0.4) is 0 Å². The standard InChI is InChI=1S/C22H19NO4S/c1-27-17-13-11-16(12-14-17)22(24)20-15-23(21-10-6-5-9-19(20)21)28(25,26)18-7-3-2-4-8-18/h2-15,22,24H,1H3. The van der Waals surface area contributed by atoms with Crippen LogP contribution in [0.4, 0.5) is 0 Å². The molecule has 1 heterocycles. The molecule has 28 heavy (non-hydrogen) atoms. The second-order valence-corrected chi connectivity index (χ2v) is 8.21. The molecule has 6 heteroatoms. The zero-order chi connectivity index (χ0) is 19.7. The van der Waals surface area contributed by atoms with E-state index < -0.39 is 16.1 Å². The van der Waals surface area contributed by atoms with Crippen molar-refractivity contribution in [3.63, 3.8) is 0 Å². The van der Waals surface area contributed by atoms with Gasteiger partial charge >= 0.3 is 0 Å². The number of methoxy groups -OCH3 is 1. The van der Waals surface area contributed by atoms with Gasteiger partial charge in [0.15, 0.2) is 0 Å². The average molecular weight is 393 g/mol. The molecule has 3 aromatic carbocycles. The summed E-state index contributed by atoms with van der Waals surface area (Å²) in [5.74, 6) is 0.685. The van der Waals surface area contributed by atoms with Crippen LogP contribution in [-0.2, 0) is 10.0 Å². The molecular weight excluding hydrogens is 374 g/mol. The van der Waals surface area contributed by atoms with Gasteiger partial charge < -0.3 is 9.84 Å². The minimum absolute atomic E-state index is 0.196. The molecule has 4 rings (SSSR count). The summed E-state index contributed by atoms with van der Waals surface area (Å²) in [6.45, 7) is 0. The molecule has 0 saturated carbocycles. The lowest BCUT2D eigenvalue weighted by Crippen LogP contribution is -2.11. The number of nitrogens with zero attached hydrogens (tertiary/aromatic N) is 1. The molecule has 1 atom stereocenters. The smallest absolute Gasteiger partial charge is 0.268 e. The highest BCUT2D eigenvalue weighted by atomic mass is 32.2. The second-order valence-electron chi connectivity index (χ2n) is 6.39. The highest BCUT2D eigenvalue weighted by molar-refractivity contribution is 7.90. The van der Waals surface area contributed by atoms with E-state index in [-0.39, 0.29) is 4.90 Å². The highest BCUT2D eigenvalue weighted by Crippen LogP contribution is 2.33. The molecule has 1 aromatic heterocycles. The van der Waals surface area contributed by atoms with Crippen molar-refractivity contribution in [3.8, 4) is 5.75 Å². The van der Waals surface area contributed by atoms with Crippen LogP contribution in [0.2, 0.25) is 0 Å². The van der Waals surface area contributed by atoms with E-state index in [1.54, 1.807) is 73.8 Å². The first-order chi connectivity index (χ1) is 13.5. The number of aliphatic hydroxyl groups excluding tert-OH is 1. The Balaban J connectivity index is 1.87. The third kappa shape index (κ3) is 3.06. The van der Waals surface area contributed by atoms with Crippen molar-refractivity contribution in [3.05, 3.63) is 96.2 Å². The quantitative estimate of drug-likeness (QED) is 0.557. The normalized spacial score (nSPS) is 12.8. The zero-order valence-corrected chi connectivity index (χ0v) is 16.0. The number of fused-ring (bicyclic) bond motifs is 1. The summed E-state index contributed by atoms with van der Waals surface area (Å²) >= 11 is 0. The van der Waals surface area contributed by atoms with Gasteiger partial charge in [-0.3, -0.25) is 0 Å². The highest BCUT2D eigenvalue weighted by Gasteiger charge is 2.24. The van der Waals surface area contributed by atoms with E-state index in [9.17, 15) is 13.5 Å². The second kappa shape index (κ2) is 7.14. The Kier molecular flexibility index (Phi) is 4.66. The van der Waals surface area contributed by atoms with E-state index in [0.717, 1.165) is 0 Å². The molecule has 0 bridgehead atoms. The summed E-state index contributed by atoms with van der Waals surface area (Å²) in [4.78, 5) is 0.196. The number of aromatic nitrogens is 1. The van der Waals surface area contributed by atoms with E-state index in [0.29, 0.717) is 27.8 Å². The van der Waals surface area contributed by atoms with E-state index in [2.05, 4.69) is 0 Å². The lowest BCUT2D eigenvalue weighted by Gasteiger charge is -2.11. The van der Waals surface area contributed by atoms with Crippen LogP contribution < -0.4 is 4.74 Å². The lowest BCUT2D eigenvalue weighted by molar-refractivity contribution is 0.221. The monoisotopic (exact) mass is 393 g/mol. The van der Waals surface area contributed by atoms with Crippen LogP contribution in [0.1, 0.15) is 17.2 Å². The van der Waals surface area contributed by atoms with E-state index in [1.807, 2.05) is 12.1 Å². The number of hydrogen-bond acceptors (Lipinski definition) is 4. The van der Waals surface area contributed by atoms with E-state index in [4.69, 9.17) is 4.74 Å². The van der Waals surface area contributed by atoms with Gasteiger partial charge in [-0.15, -0.1) is 0 Å². The SMILES string of the molecule is COc1ccc(C(O)c2cn(S(=O)(=O)c3ccccc3)c3ccccc23)cc1. The number of ether oxygens (including phenoxy) is 1. The summed E-state index contributed by atoms with van der Waals surface area (Å²) in [7, 11) is -2.21. The fourth-order valence-corrected chi connectivity index (χ4v) is 4.66. The Morgan fingerprint density at radius 3 is 2.21 bits per heavy atom. The molecule has 0 radical (unpaired) electrons. The van der Waals surface area contributed by atoms with Gasteiger partial charge in [0, 0.05) is 17.1 Å².